The number of ether oxygens (including phenoxy) is 2. The van der Waals surface area contributed by atoms with E-state index in [1.165, 1.54) is 88.2 Å². The zero-order valence-electron chi connectivity index (χ0n) is 31.7. The van der Waals surface area contributed by atoms with E-state index >= 15 is 0 Å². The molecule has 268 valence electrons. The number of hydrogen-bond donors (Lipinski definition) is 1. The Morgan fingerprint density at radius 1 is 0.980 bits per heavy atom. The standard InChI is InChI=1S/C44H64N2O3/c1-28(2)33-15-20-44(45-23-24-46-26-32-25-31(46)27-49-32)22-21-42(6)35(38(33)44)13-14-37-41(5)18-16-34(29-9-11-30(12-10-29)39(47)48-8)40(3,4)36(41)17-19-43(37,42)7/h9-12,16,31-33,35-38,45H,1,13-15,17-27H2,2-8H3/t31-,32-,33-,35+,36-,37+,38+,41-,42+,43+,44-/m0/s1. The molecule has 1 aromatic carbocycles. The van der Waals surface area contributed by atoms with E-state index in [1.807, 2.05) is 12.1 Å². The highest BCUT2D eigenvalue weighted by molar-refractivity contribution is 5.89. The molecular weight excluding hydrogens is 604 g/mol. The maximum atomic E-state index is 12.1. The van der Waals surface area contributed by atoms with Crippen LogP contribution in [0.3, 0.4) is 0 Å². The Labute approximate surface area is 297 Å². The number of methoxy groups -OCH3 is 1. The smallest absolute Gasteiger partial charge is 0.337 e. The van der Waals surface area contributed by atoms with Crippen LogP contribution in [-0.4, -0.2) is 61.9 Å². The molecule has 5 nitrogen and oxygen atoms in total. The largest absolute Gasteiger partial charge is 0.465 e. The zero-order valence-corrected chi connectivity index (χ0v) is 31.7. The third-order valence-corrected chi connectivity index (χ3v) is 17.2. The summed E-state index contributed by atoms with van der Waals surface area (Å²) in [4.78, 5) is 14.9. The van der Waals surface area contributed by atoms with Crippen molar-refractivity contribution in [3.8, 4) is 0 Å². The summed E-state index contributed by atoms with van der Waals surface area (Å²) < 4.78 is 10.9. The van der Waals surface area contributed by atoms with E-state index in [0.717, 1.165) is 38.0 Å². The molecule has 2 saturated heterocycles. The first-order chi connectivity index (χ1) is 23.3. The first-order valence-electron chi connectivity index (χ1n) is 19.9. The molecule has 5 heteroatoms. The van der Waals surface area contributed by atoms with Crippen molar-refractivity contribution >= 4 is 11.5 Å². The van der Waals surface area contributed by atoms with Crippen LogP contribution >= 0.6 is 0 Å². The van der Waals surface area contributed by atoms with Gasteiger partial charge in [-0.05, 0) is 146 Å². The number of carbonyl (C=O) groups excluding carboxylic acids is 1. The second kappa shape index (κ2) is 11.8. The Kier molecular flexibility index (Phi) is 8.21. The summed E-state index contributed by atoms with van der Waals surface area (Å²) in [5.74, 6) is 3.21. The number of likely N-dealkylation sites (tertiary alicyclic amines) is 1. The van der Waals surface area contributed by atoms with E-state index in [2.05, 4.69) is 76.5 Å². The van der Waals surface area contributed by atoms with E-state index in [9.17, 15) is 4.79 Å². The molecule has 2 aliphatic heterocycles. The Hall–Kier alpha value is -1.95. The van der Waals surface area contributed by atoms with Crippen LogP contribution in [0.5, 0.6) is 0 Å². The third-order valence-electron chi connectivity index (χ3n) is 17.2. The Morgan fingerprint density at radius 3 is 2.43 bits per heavy atom. The van der Waals surface area contributed by atoms with Crippen LogP contribution in [0.2, 0.25) is 0 Å². The van der Waals surface area contributed by atoms with E-state index in [-0.39, 0.29) is 22.3 Å². The average molecular weight is 669 g/mol. The molecule has 2 heterocycles. The van der Waals surface area contributed by atoms with E-state index in [4.69, 9.17) is 9.47 Å². The number of morpholine rings is 1. The summed E-state index contributed by atoms with van der Waals surface area (Å²) in [7, 11) is 1.46. The molecule has 1 aromatic rings. The number of allylic oxidation sites excluding steroid dienone is 3. The van der Waals surface area contributed by atoms with E-state index in [0.29, 0.717) is 46.3 Å². The molecule has 2 bridgehead atoms. The molecule has 0 amide bonds. The van der Waals surface area contributed by atoms with Gasteiger partial charge in [0.25, 0.3) is 0 Å². The van der Waals surface area contributed by atoms with Crippen molar-refractivity contribution in [3.05, 3.63) is 53.6 Å². The Morgan fingerprint density at radius 2 is 1.76 bits per heavy atom. The maximum Gasteiger partial charge on any atom is 0.337 e. The Balaban J connectivity index is 1.06. The van der Waals surface area contributed by atoms with Crippen LogP contribution in [0.1, 0.15) is 122 Å². The summed E-state index contributed by atoms with van der Waals surface area (Å²) in [5.41, 5.74) is 6.10. The van der Waals surface area contributed by atoms with Crippen molar-refractivity contribution in [1.82, 2.24) is 10.2 Å². The van der Waals surface area contributed by atoms with Gasteiger partial charge in [-0.1, -0.05) is 65.0 Å². The second-order valence-corrected chi connectivity index (χ2v) is 19.2. The van der Waals surface area contributed by atoms with Gasteiger partial charge in [-0.15, -0.1) is 0 Å². The minimum atomic E-state index is -0.265. The number of hydrogen-bond acceptors (Lipinski definition) is 5. The first-order valence-corrected chi connectivity index (χ1v) is 19.9. The van der Waals surface area contributed by atoms with Gasteiger partial charge in [0.15, 0.2) is 0 Å². The molecule has 0 unspecified atom stereocenters. The van der Waals surface area contributed by atoms with Gasteiger partial charge in [0.05, 0.1) is 25.4 Å². The lowest BCUT2D eigenvalue weighted by Gasteiger charge is -2.72. The van der Waals surface area contributed by atoms with Gasteiger partial charge in [0.1, 0.15) is 0 Å². The highest BCUT2D eigenvalue weighted by Gasteiger charge is 2.70. The summed E-state index contributed by atoms with van der Waals surface area (Å²) in [5, 5.41) is 4.34. The highest BCUT2D eigenvalue weighted by atomic mass is 16.5. The van der Waals surface area contributed by atoms with Crippen molar-refractivity contribution < 1.29 is 14.3 Å². The van der Waals surface area contributed by atoms with Gasteiger partial charge in [-0.25, -0.2) is 4.79 Å². The lowest BCUT2D eigenvalue weighted by Crippen LogP contribution is -2.68. The van der Waals surface area contributed by atoms with Gasteiger partial charge in [-0.2, -0.15) is 0 Å². The molecule has 5 aliphatic carbocycles. The topological polar surface area (TPSA) is 50.8 Å². The molecule has 4 saturated carbocycles. The van der Waals surface area contributed by atoms with Crippen LogP contribution < -0.4 is 5.32 Å². The summed E-state index contributed by atoms with van der Waals surface area (Å²) in [6.07, 6.45) is 16.2. The normalized spacial score (nSPS) is 45.1. The Bertz CT molecular complexity index is 1510. The van der Waals surface area contributed by atoms with Crippen molar-refractivity contribution in [2.45, 2.75) is 123 Å². The maximum absolute atomic E-state index is 12.1. The summed E-state index contributed by atoms with van der Waals surface area (Å²) >= 11 is 0. The van der Waals surface area contributed by atoms with E-state index < -0.39 is 0 Å². The molecule has 0 spiro atoms. The third kappa shape index (κ3) is 4.90. The fourth-order valence-electron chi connectivity index (χ4n) is 14.7. The SMILES string of the molecule is C=C(C)[C@@H]1CC[C@]2(NCCN3C[C@@H]4C[C@H]3CO4)CC[C@]3(C)[C@H](CC[C@@H]4[C@@]5(C)CC=C(c6ccc(C(=O)OC)cc6)C(C)(C)[C@@H]5CC[C@]43C)[C@@H]12. The van der Waals surface area contributed by atoms with E-state index in [1.54, 1.807) is 0 Å². The quantitative estimate of drug-likeness (QED) is 0.232. The molecule has 7 aliphatic rings. The van der Waals surface area contributed by atoms with Gasteiger partial charge < -0.3 is 14.8 Å². The fourth-order valence-corrected chi connectivity index (χ4v) is 14.7. The number of fused-ring (bicyclic) bond motifs is 9. The van der Waals surface area contributed by atoms with Crippen LogP contribution in [0.25, 0.3) is 5.57 Å². The molecule has 0 aromatic heterocycles. The lowest BCUT2D eigenvalue weighted by molar-refractivity contribution is -0.219. The van der Waals surface area contributed by atoms with Crippen LogP contribution in [-0.2, 0) is 9.47 Å². The minimum Gasteiger partial charge on any atom is -0.465 e. The van der Waals surface area contributed by atoms with Gasteiger partial charge in [0, 0.05) is 31.2 Å². The van der Waals surface area contributed by atoms with Crippen molar-refractivity contribution in [2.24, 2.45) is 51.2 Å². The monoisotopic (exact) mass is 668 g/mol. The van der Waals surface area contributed by atoms with Gasteiger partial charge >= 0.3 is 5.97 Å². The summed E-state index contributed by atoms with van der Waals surface area (Å²) in [6, 6.07) is 8.82. The average Bonchev–Trinajstić information content (AvgIpc) is 3.80. The second-order valence-electron chi connectivity index (χ2n) is 19.2. The molecule has 6 fully saturated rings. The molecule has 1 N–H and O–H groups in total. The van der Waals surface area contributed by atoms with Crippen molar-refractivity contribution in [1.29, 1.82) is 0 Å². The fraction of sp³-hybridized carbons (Fsp3) is 0.750. The lowest BCUT2D eigenvalue weighted by atomic mass is 9.33. The zero-order chi connectivity index (χ0) is 34.6. The van der Waals surface area contributed by atoms with Crippen molar-refractivity contribution in [2.75, 3.05) is 33.4 Å². The number of esters is 1. The molecule has 0 radical (unpaired) electrons. The minimum absolute atomic E-state index is 0.0714. The number of nitrogens with zero attached hydrogens (tertiary/aromatic N) is 1. The molecule has 8 rings (SSSR count). The van der Waals surface area contributed by atoms with Crippen LogP contribution in [0, 0.1) is 51.2 Å². The molecule has 49 heavy (non-hydrogen) atoms. The summed E-state index contributed by atoms with van der Waals surface area (Å²) in [6.45, 7) is 24.6. The first kappa shape index (κ1) is 34.2. The molecular formula is C44H64N2O3. The highest BCUT2D eigenvalue weighted by Crippen LogP contribution is 2.76. The number of nitrogens with one attached hydrogen (secondary N) is 1. The van der Waals surface area contributed by atoms with Crippen molar-refractivity contribution in [3.63, 3.8) is 0 Å². The van der Waals surface area contributed by atoms with Gasteiger partial charge in [0.2, 0.25) is 0 Å². The number of carbonyl (C=O) groups is 1. The van der Waals surface area contributed by atoms with Gasteiger partial charge in [-0.3, -0.25) is 4.90 Å². The molecule has 11 atom stereocenters. The van der Waals surface area contributed by atoms with Crippen LogP contribution in [0.15, 0.2) is 42.5 Å². The van der Waals surface area contributed by atoms with Crippen LogP contribution in [0.4, 0.5) is 0 Å². The number of benzene rings is 1. The predicted octanol–water partition coefficient (Wildman–Crippen LogP) is 8.94. The number of rotatable bonds is 7. The predicted molar refractivity (Wildman–Crippen MR) is 198 cm³/mol.